The molecule has 3 heteroatoms. The van der Waals surface area contributed by atoms with E-state index >= 15 is 0 Å². The Hall–Kier alpha value is -0.570. The first-order valence-electron chi connectivity index (χ1n) is 4.50. The molecule has 0 spiro atoms. The zero-order valence-corrected chi connectivity index (χ0v) is 8.22. The molecule has 0 aromatic heterocycles. The van der Waals surface area contributed by atoms with Crippen molar-refractivity contribution < 1.29 is 11.0 Å². The first-order chi connectivity index (χ1) is 5.70. The number of hydrogen-bond donors (Lipinski definition) is 1. The normalized spacial score (nSPS) is 12.6. The molecule has 0 aliphatic rings. The predicted molar refractivity (Wildman–Crippen MR) is 51.1 cm³/mol. The first-order valence-corrected chi connectivity index (χ1v) is 4.50. The molecule has 1 unspecified atom stereocenters. The van der Waals surface area contributed by atoms with Crippen LogP contribution in [-0.2, 0) is 9.53 Å². The van der Waals surface area contributed by atoms with Crippen molar-refractivity contribution in [3.63, 3.8) is 0 Å². The van der Waals surface area contributed by atoms with Crippen LogP contribution in [0.15, 0.2) is 0 Å². The van der Waals surface area contributed by atoms with Crippen molar-refractivity contribution in [2.75, 3.05) is 20.2 Å². The molecule has 0 aromatic rings. The fraction of sp³-hybridized carbons (Fsp3) is 0.889. The lowest BCUT2D eigenvalue weighted by atomic mass is 10.0. The molecule has 74 valence electrons. The highest BCUT2D eigenvalue weighted by atomic mass is 16.5. The second-order valence-electron chi connectivity index (χ2n) is 3.01. The lowest BCUT2D eigenvalue weighted by molar-refractivity contribution is -0.144. The molecule has 3 nitrogen and oxygen atoms in total. The van der Waals surface area contributed by atoms with Crippen LogP contribution in [0.4, 0.5) is 0 Å². The Morgan fingerprint density at radius 3 is 2.83 bits per heavy atom. The highest BCUT2D eigenvalue weighted by Gasteiger charge is 2.08. The molecule has 0 heterocycles. The summed E-state index contributed by atoms with van der Waals surface area (Å²) in [5.41, 5.74) is 0. The van der Waals surface area contributed by atoms with Crippen molar-refractivity contribution >= 4 is 5.97 Å². The molecule has 0 bridgehead atoms. The lowest BCUT2D eigenvalue weighted by Gasteiger charge is -2.09. The van der Waals surface area contributed by atoms with Gasteiger partial charge >= 0.3 is 5.97 Å². The number of rotatable bonds is 6. The zero-order valence-electron chi connectivity index (χ0n) is 8.22. The number of hydrogen-bond acceptors (Lipinski definition) is 3. The summed E-state index contributed by atoms with van der Waals surface area (Å²) in [4.78, 5) is 11.0. The summed E-state index contributed by atoms with van der Waals surface area (Å²) >= 11 is 0. The summed E-state index contributed by atoms with van der Waals surface area (Å²) in [5, 5.41) is 3.05. The third-order valence-corrected chi connectivity index (χ3v) is 1.71. The van der Waals surface area contributed by atoms with Gasteiger partial charge in [-0.05, 0) is 32.9 Å². The van der Waals surface area contributed by atoms with E-state index in [4.69, 9.17) is 4.74 Å². The SMILES string of the molecule is CCOC(=O)CC(C)CCNC.[HH]. The average Bonchev–Trinajstić information content (AvgIpc) is 2.01. The maximum Gasteiger partial charge on any atom is 0.306 e. The van der Waals surface area contributed by atoms with Crippen LogP contribution in [0.3, 0.4) is 0 Å². The number of nitrogens with one attached hydrogen (secondary N) is 1. The summed E-state index contributed by atoms with van der Waals surface area (Å²) < 4.78 is 4.83. The maximum absolute atomic E-state index is 11.0. The smallest absolute Gasteiger partial charge is 0.306 e. The van der Waals surface area contributed by atoms with Gasteiger partial charge in [0.05, 0.1) is 6.61 Å². The van der Waals surface area contributed by atoms with E-state index in [1.165, 1.54) is 0 Å². The average molecular weight is 175 g/mol. The van der Waals surface area contributed by atoms with E-state index < -0.39 is 0 Å². The third-order valence-electron chi connectivity index (χ3n) is 1.71. The molecular weight excluding hydrogens is 154 g/mol. The first kappa shape index (κ1) is 11.4. The Morgan fingerprint density at radius 2 is 2.33 bits per heavy atom. The monoisotopic (exact) mass is 175 g/mol. The van der Waals surface area contributed by atoms with E-state index in [1.807, 2.05) is 14.0 Å². The molecule has 0 aromatic carbocycles. The zero-order chi connectivity index (χ0) is 9.40. The molecule has 12 heavy (non-hydrogen) atoms. The fourth-order valence-electron chi connectivity index (χ4n) is 0.997. The second-order valence-corrected chi connectivity index (χ2v) is 3.01. The molecule has 0 rings (SSSR count). The van der Waals surface area contributed by atoms with E-state index in [0.717, 1.165) is 13.0 Å². The molecule has 0 aliphatic carbocycles. The Kier molecular flexibility index (Phi) is 6.76. The fourth-order valence-corrected chi connectivity index (χ4v) is 0.997. The van der Waals surface area contributed by atoms with Crippen LogP contribution in [0.2, 0.25) is 0 Å². The van der Waals surface area contributed by atoms with Gasteiger partial charge < -0.3 is 10.1 Å². The van der Waals surface area contributed by atoms with Crippen LogP contribution in [-0.4, -0.2) is 26.2 Å². The summed E-state index contributed by atoms with van der Waals surface area (Å²) in [5.74, 6) is 0.331. The topological polar surface area (TPSA) is 38.3 Å². The standard InChI is InChI=1S/C9H19NO2.H2/c1-4-12-9(11)7-8(2)5-6-10-3;/h8,10H,4-7H2,1-3H3;1H. The molecule has 1 N–H and O–H groups in total. The highest BCUT2D eigenvalue weighted by Crippen LogP contribution is 2.07. The van der Waals surface area contributed by atoms with E-state index in [1.54, 1.807) is 0 Å². The molecule has 1 atom stereocenters. The van der Waals surface area contributed by atoms with Crippen molar-refractivity contribution in [2.45, 2.75) is 26.7 Å². The van der Waals surface area contributed by atoms with Crippen LogP contribution in [0.1, 0.15) is 28.1 Å². The van der Waals surface area contributed by atoms with Gasteiger partial charge in [-0.15, -0.1) is 0 Å². The largest absolute Gasteiger partial charge is 0.466 e. The predicted octanol–water partition coefficient (Wildman–Crippen LogP) is 1.43. The van der Waals surface area contributed by atoms with Crippen molar-refractivity contribution in [3.05, 3.63) is 0 Å². The Bertz CT molecular complexity index is 131. The number of ether oxygens (including phenoxy) is 1. The minimum atomic E-state index is -0.0823. The minimum absolute atomic E-state index is 0. The number of esters is 1. The van der Waals surface area contributed by atoms with Gasteiger partial charge in [-0.1, -0.05) is 6.92 Å². The molecule has 0 fully saturated rings. The summed E-state index contributed by atoms with van der Waals surface area (Å²) in [6.45, 7) is 5.34. The lowest BCUT2D eigenvalue weighted by Crippen LogP contribution is -2.15. The van der Waals surface area contributed by atoms with Crippen LogP contribution in [0, 0.1) is 5.92 Å². The van der Waals surface area contributed by atoms with E-state index in [0.29, 0.717) is 18.9 Å². The third kappa shape index (κ3) is 6.16. The molecule has 0 radical (unpaired) electrons. The summed E-state index contributed by atoms with van der Waals surface area (Å²) in [7, 11) is 1.91. The quantitative estimate of drug-likeness (QED) is 0.621. The van der Waals surface area contributed by atoms with Crippen LogP contribution in [0.5, 0.6) is 0 Å². The van der Waals surface area contributed by atoms with Gasteiger partial charge in [0.15, 0.2) is 0 Å². The Balaban J connectivity index is 0. The molecule has 0 amide bonds. The van der Waals surface area contributed by atoms with Gasteiger partial charge in [-0.2, -0.15) is 0 Å². The minimum Gasteiger partial charge on any atom is -0.466 e. The number of carbonyl (C=O) groups excluding carboxylic acids is 1. The molecule has 0 aliphatic heterocycles. The van der Waals surface area contributed by atoms with E-state index in [-0.39, 0.29) is 7.40 Å². The van der Waals surface area contributed by atoms with Gasteiger partial charge in [-0.3, -0.25) is 4.79 Å². The maximum atomic E-state index is 11.0. The molecule has 0 saturated carbocycles. The second kappa shape index (κ2) is 7.10. The molecule has 0 saturated heterocycles. The highest BCUT2D eigenvalue weighted by molar-refractivity contribution is 5.69. The van der Waals surface area contributed by atoms with Crippen LogP contribution in [0.25, 0.3) is 0 Å². The van der Waals surface area contributed by atoms with Crippen molar-refractivity contribution in [1.82, 2.24) is 5.32 Å². The van der Waals surface area contributed by atoms with Gasteiger partial charge in [0.2, 0.25) is 0 Å². The van der Waals surface area contributed by atoms with E-state index in [9.17, 15) is 4.79 Å². The van der Waals surface area contributed by atoms with Crippen LogP contribution >= 0.6 is 0 Å². The number of carbonyl (C=O) groups is 1. The van der Waals surface area contributed by atoms with Crippen molar-refractivity contribution in [1.29, 1.82) is 0 Å². The van der Waals surface area contributed by atoms with Gasteiger partial charge in [0.1, 0.15) is 0 Å². The van der Waals surface area contributed by atoms with Crippen molar-refractivity contribution in [3.8, 4) is 0 Å². The Labute approximate surface area is 76.0 Å². The van der Waals surface area contributed by atoms with Gasteiger partial charge in [0, 0.05) is 7.85 Å². The van der Waals surface area contributed by atoms with Crippen LogP contribution < -0.4 is 5.32 Å². The molecular formula is C9H21NO2. The van der Waals surface area contributed by atoms with Gasteiger partial charge in [-0.25, -0.2) is 0 Å². The van der Waals surface area contributed by atoms with E-state index in [2.05, 4.69) is 12.2 Å². The summed E-state index contributed by atoms with van der Waals surface area (Å²) in [6, 6.07) is 0. The van der Waals surface area contributed by atoms with Crippen molar-refractivity contribution in [2.24, 2.45) is 5.92 Å². The van der Waals surface area contributed by atoms with Gasteiger partial charge in [0.25, 0.3) is 0 Å². The summed E-state index contributed by atoms with van der Waals surface area (Å²) in [6.07, 6.45) is 1.56. The Morgan fingerprint density at radius 1 is 1.67 bits per heavy atom.